The highest BCUT2D eigenvalue weighted by molar-refractivity contribution is 5.75. The maximum atomic E-state index is 13.9. The first-order valence-electron chi connectivity index (χ1n) is 9.78. The highest BCUT2D eigenvalue weighted by Crippen LogP contribution is 2.61. The highest BCUT2D eigenvalue weighted by Gasteiger charge is 2.73. The van der Waals surface area contributed by atoms with Crippen LogP contribution in [0.4, 0.5) is 17.6 Å². The van der Waals surface area contributed by atoms with E-state index in [9.17, 15) is 22.4 Å². The first-order chi connectivity index (χ1) is 13.6. The topological polar surface area (TPSA) is 46.9 Å². The number of aryl methyl sites for hydroxylation is 1. The standard InChI is InChI=1S/C21H23F4N3O/c1-12(29)26-20(21(23,24)25)11-16(20)19-18(14-6-4-7-14)17(27-28(19)2)10-13-5-3-8-15(22)9-13/h3,5,8-9,14,16H,4,6-7,10-11H2,1-2H3,(H,26,29). The van der Waals surface area contributed by atoms with E-state index in [1.54, 1.807) is 19.2 Å². The van der Waals surface area contributed by atoms with Crippen molar-refractivity contribution < 1.29 is 22.4 Å². The van der Waals surface area contributed by atoms with Crippen LogP contribution in [0.1, 0.15) is 67.0 Å². The molecule has 2 unspecified atom stereocenters. The summed E-state index contributed by atoms with van der Waals surface area (Å²) in [6, 6.07) is 6.18. The van der Waals surface area contributed by atoms with Crippen molar-refractivity contribution in [3.63, 3.8) is 0 Å². The lowest BCUT2D eigenvalue weighted by Gasteiger charge is -2.28. The van der Waals surface area contributed by atoms with E-state index in [1.807, 2.05) is 0 Å². The van der Waals surface area contributed by atoms with Crippen LogP contribution < -0.4 is 5.32 Å². The van der Waals surface area contributed by atoms with E-state index in [2.05, 4.69) is 10.4 Å². The molecule has 1 N–H and O–H groups in total. The van der Waals surface area contributed by atoms with Gasteiger partial charge in [-0.15, -0.1) is 0 Å². The molecule has 29 heavy (non-hydrogen) atoms. The summed E-state index contributed by atoms with van der Waals surface area (Å²) in [6.07, 6.45) is -1.54. The number of hydrogen-bond acceptors (Lipinski definition) is 2. The zero-order chi connectivity index (χ0) is 21.0. The number of halogens is 4. The minimum absolute atomic E-state index is 0.158. The molecular formula is C21H23F4N3O. The normalized spacial score (nSPS) is 24.3. The second kappa shape index (κ2) is 6.85. The smallest absolute Gasteiger partial charge is 0.342 e. The third kappa shape index (κ3) is 3.42. The Balaban J connectivity index is 1.74. The number of carbonyl (C=O) groups is 1. The van der Waals surface area contributed by atoms with Gasteiger partial charge in [0, 0.05) is 37.6 Å². The van der Waals surface area contributed by atoms with Crippen LogP contribution in [0.15, 0.2) is 24.3 Å². The Hall–Kier alpha value is -2.38. The van der Waals surface area contributed by atoms with Gasteiger partial charge in [0.15, 0.2) is 0 Å². The minimum atomic E-state index is -4.55. The molecule has 1 aromatic carbocycles. The number of benzene rings is 1. The minimum Gasteiger partial charge on any atom is -0.342 e. The SMILES string of the molecule is CC(=O)NC1(C(F)(F)F)CC1c1c(C2CCC2)c(Cc2cccc(F)c2)nn1C. The second-order valence-electron chi connectivity index (χ2n) is 8.21. The second-order valence-corrected chi connectivity index (χ2v) is 8.21. The molecule has 2 aliphatic carbocycles. The summed E-state index contributed by atoms with van der Waals surface area (Å²) in [6.45, 7) is 1.11. The molecule has 0 spiro atoms. The van der Waals surface area contributed by atoms with E-state index in [0.717, 1.165) is 37.3 Å². The molecule has 2 aromatic rings. The van der Waals surface area contributed by atoms with Crippen molar-refractivity contribution in [1.82, 2.24) is 15.1 Å². The molecule has 1 aromatic heterocycles. The molecule has 8 heteroatoms. The van der Waals surface area contributed by atoms with Crippen LogP contribution in [0.2, 0.25) is 0 Å². The number of alkyl halides is 3. The third-order valence-corrected chi connectivity index (χ3v) is 6.18. The van der Waals surface area contributed by atoms with Crippen molar-refractivity contribution in [2.45, 2.75) is 62.6 Å². The Kier molecular flexibility index (Phi) is 4.70. The van der Waals surface area contributed by atoms with Crippen LogP contribution in [-0.4, -0.2) is 27.4 Å². The number of amides is 1. The van der Waals surface area contributed by atoms with Gasteiger partial charge in [0.1, 0.15) is 11.4 Å². The van der Waals surface area contributed by atoms with Gasteiger partial charge in [0.05, 0.1) is 5.69 Å². The quantitative estimate of drug-likeness (QED) is 0.747. The Labute approximate surface area is 166 Å². The van der Waals surface area contributed by atoms with E-state index in [-0.39, 0.29) is 18.2 Å². The molecule has 0 bridgehead atoms. The molecule has 0 radical (unpaired) electrons. The van der Waals surface area contributed by atoms with Crippen molar-refractivity contribution in [1.29, 1.82) is 0 Å². The van der Waals surface area contributed by atoms with E-state index < -0.39 is 23.5 Å². The lowest BCUT2D eigenvalue weighted by atomic mass is 9.77. The molecule has 2 fully saturated rings. The van der Waals surface area contributed by atoms with E-state index in [4.69, 9.17) is 0 Å². The number of carbonyl (C=O) groups excluding carboxylic acids is 1. The van der Waals surface area contributed by atoms with E-state index in [1.165, 1.54) is 16.8 Å². The van der Waals surface area contributed by atoms with Crippen LogP contribution in [0.25, 0.3) is 0 Å². The third-order valence-electron chi connectivity index (χ3n) is 6.18. The first kappa shape index (κ1) is 19.9. The fourth-order valence-electron chi connectivity index (χ4n) is 4.57. The Morgan fingerprint density at radius 2 is 2.07 bits per heavy atom. The van der Waals surface area contributed by atoms with Crippen LogP contribution >= 0.6 is 0 Å². The zero-order valence-electron chi connectivity index (χ0n) is 16.3. The van der Waals surface area contributed by atoms with Gasteiger partial charge in [-0.1, -0.05) is 18.6 Å². The fourth-order valence-corrected chi connectivity index (χ4v) is 4.57. The predicted molar refractivity (Wildman–Crippen MR) is 99.0 cm³/mol. The average Bonchev–Trinajstić information content (AvgIpc) is 3.18. The largest absolute Gasteiger partial charge is 0.412 e. The van der Waals surface area contributed by atoms with Crippen molar-refractivity contribution in [2.75, 3.05) is 0 Å². The van der Waals surface area contributed by atoms with Gasteiger partial charge in [0.25, 0.3) is 0 Å². The summed E-state index contributed by atoms with van der Waals surface area (Å²) in [5, 5.41) is 6.70. The molecule has 4 rings (SSSR count). The summed E-state index contributed by atoms with van der Waals surface area (Å²) >= 11 is 0. The summed E-state index contributed by atoms with van der Waals surface area (Å²) in [5.74, 6) is -1.75. The summed E-state index contributed by atoms with van der Waals surface area (Å²) in [4.78, 5) is 11.5. The van der Waals surface area contributed by atoms with Crippen molar-refractivity contribution in [2.24, 2.45) is 7.05 Å². The molecule has 156 valence electrons. The van der Waals surface area contributed by atoms with Crippen molar-refractivity contribution in [3.8, 4) is 0 Å². The van der Waals surface area contributed by atoms with Gasteiger partial charge in [0.2, 0.25) is 5.91 Å². The lowest BCUT2D eigenvalue weighted by molar-refractivity contribution is -0.171. The number of aromatic nitrogens is 2. The molecule has 2 atom stereocenters. The first-order valence-corrected chi connectivity index (χ1v) is 9.78. The van der Waals surface area contributed by atoms with Crippen LogP contribution in [0.5, 0.6) is 0 Å². The molecule has 4 nitrogen and oxygen atoms in total. The van der Waals surface area contributed by atoms with Crippen LogP contribution in [0.3, 0.4) is 0 Å². The Morgan fingerprint density at radius 1 is 1.34 bits per heavy atom. The zero-order valence-corrected chi connectivity index (χ0v) is 16.3. The van der Waals surface area contributed by atoms with E-state index in [0.29, 0.717) is 17.8 Å². The maximum absolute atomic E-state index is 13.9. The van der Waals surface area contributed by atoms with Gasteiger partial charge in [-0.25, -0.2) is 4.39 Å². The molecule has 0 saturated heterocycles. The summed E-state index contributed by atoms with van der Waals surface area (Å²) in [5.41, 5.74) is 0.594. The monoisotopic (exact) mass is 409 g/mol. The van der Waals surface area contributed by atoms with Gasteiger partial charge >= 0.3 is 6.18 Å². The summed E-state index contributed by atoms with van der Waals surface area (Å²) in [7, 11) is 1.65. The van der Waals surface area contributed by atoms with Gasteiger partial charge in [-0.3, -0.25) is 9.48 Å². The summed E-state index contributed by atoms with van der Waals surface area (Å²) < 4.78 is 56.7. The van der Waals surface area contributed by atoms with E-state index >= 15 is 0 Å². The van der Waals surface area contributed by atoms with Crippen molar-refractivity contribution >= 4 is 5.91 Å². The number of rotatable bonds is 5. The fraction of sp³-hybridized carbons (Fsp3) is 0.524. The van der Waals surface area contributed by atoms with Gasteiger partial charge in [-0.05, 0) is 42.9 Å². The van der Waals surface area contributed by atoms with Gasteiger partial charge < -0.3 is 5.32 Å². The van der Waals surface area contributed by atoms with Gasteiger partial charge in [-0.2, -0.15) is 18.3 Å². The predicted octanol–water partition coefficient (Wildman–Crippen LogP) is 4.34. The highest BCUT2D eigenvalue weighted by atomic mass is 19.4. The molecular weight excluding hydrogens is 386 g/mol. The van der Waals surface area contributed by atoms with Crippen molar-refractivity contribution in [3.05, 3.63) is 52.6 Å². The number of nitrogens with zero attached hydrogens (tertiary/aromatic N) is 2. The Bertz CT molecular complexity index is 948. The Morgan fingerprint density at radius 3 is 2.62 bits per heavy atom. The molecule has 1 heterocycles. The maximum Gasteiger partial charge on any atom is 0.412 e. The van der Waals surface area contributed by atoms with Crippen LogP contribution in [-0.2, 0) is 18.3 Å². The molecule has 0 aliphatic heterocycles. The molecule has 2 aliphatic rings. The number of hydrogen-bond donors (Lipinski definition) is 1. The van der Waals surface area contributed by atoms with Crippen LogP contribution in [0, 0.1) is 5.82 Å². The molecule has 2 saturated carbocycles. The number of nitrogens with one attached hydrogen (secondary N) is 1. The average molecular weight is 409 g/mol. The molecule has 1 amide bonds. The lowest BCUT2D eigenvalue weighted by Crippen LogP contribution is -2.48.